The lowest BCUT2D eigenvalue weighted by atomic mass is 10.2. The second-order valence-electron chi connectivity index (χ2n) is 2.93. The monoisotopic (exact) mass is 195 g/mol. The zero-order chi connectivity index (χ0) is 9.84. The van der Waals surface area contributed by atoms with Crippen LogP contribution >= 0.6 is 12.6 Å². The highest BCUT2D eigenvalue weighted by molar-refractivity contribution is 7.80. The lowest BCUT2D eigenvalue weighted by Crippen LogP contribution is -2.14. The normalized spacial score (nSPS) is 12.5. The summed E-state index contributed by atoms with van der Waals surface area (Å²) in [6, 6.07) is 5.69. The van der Waals surface area contributed by atoms with Gasteiger partial charge in [0.2, 0.25) is 0 Å². The third kappa shape index (κ3) is 3.06. The second-order valence-corrected chi connectivity index (χ2v) is 3.71. The van der Waals surface area contributed by atoms with E-state index in [-0.39, 0.29) is 11.1 Å². The largest absolute Gasteiger partial charge is 0.387 e. The Morgan fingerprint density at radius 2 is 2.38 bits per heavy atom. The summed E-state index contributed by atoms with van der Waals surface area (Å²) in [5.74, 6) is 0.136. The number of amidine groups is 1. The fourth-order valence-electron chi connectivity index (χ4n) is 1.02. The van der Waals surface area contributed by atoms with Gasteiger partial charge in [0.1, 0.15) is 0 Å². The SMILES string of the molecule is CC(S)c1cccc(CC(=N)N)n1. The Morgan fingerprint density at radius 1 is 1.69 bits per heavy atom. The number of rotatable bonds is 3. The quantitative estimate of drug-likeness (QED) is 0.389. The van der Waals surface area contributed by atoms with Crippen molar-refractivity contribution in [2.75, 3.05) is 0 Å². The van der Waals surface area contributed by atoms with Crippen LogP contribution in [0.4, 0.5) is 0 Å². The number of hydrogen-bond acceptors (Lipinski definition) is 3. The van der Waals surface area contributed by atoms with Gasteiger partial charge in [-0.3, -0.25) is 10.4 Å². The van der Waals surface area contributed by atoms with E-state index in [1.165, 1.54) is 0 Å². The molecular weight excluding hydrogens is 182 g/mol. The minimum absolute atomic E-state index is 0.118. The van der Waals surface area contributed by atoms with Crippen molar-refractivity contribution in [3.05, 3.63) is 29.6 Å². The Morgan fingerprint density at radius 3 is 2.92 bits per heavy atom. The van der Waals surface area contributed by atoms with Crippen LogP contribution < -0.4 is 5.73 Å². The first-order valence-electron chi connectivity index (χ1n) is 4.06. The molecule has 70 valence electrons. The fourth-order valence-corrected chi connectivity index (χ4v) is 1.17. The molecule has 3 N–H and O–H groups in total. The molecule has 0 aliphatic carbocycles. The van der Waals surface area contributed by atoms with Gasteiger partial charge in [-0.05, 0) is 19.1 Å². The van der Waals surface area contributed by atoms with E-state index in [1.807, 2.05) is 25.1 Å². The topological polar surface area (TPSA) is 62.8 Å². The smallest absolute Gasteiger partial charge is 0.0966 e. The van der Waals surface area contributed by atoms with E-state index in [2.05, 4.69) is 17.6 Å². The number of pyridine rings is 1. The van der Waals surface area contributed by atoms with Gasteiger partial charge in [0.05, 0.1) is 11.5 Å². The molecule has 0 aliphatic rings. The van der Waals surface area contributed by atoms with Crippen molar-refractivity contribution < 1.29 is 0 Å². The van der Waals surface area contributed by atoms with E-state index >= 15 is 0 Å². The van der Waals surface area contributed by atoms with Crippen molar-refractivity contribution in [1.29, 1.82) is 5.41 Å². The summed E-state index contributed by atoms with van der Waals surface area (Å²) < 4.78 is 0. The predicted molar refractivity (Wildman–Crippen MR) is 57.3 cm³/mol. The van der Waals surface area contributed by atoms with Crippen LogP contribution in [0, 0.1) is 5.41 Å². The lowest BCUT2D eigenvalue weighted by Gasteiger charge is -2.05. The van der Waals surface area contributed by atoms with Crippen molar-refractivity contribution in [3.8, 4) is 0 Å². The highest BCUT2D eigenvalue weighted by Crippen LogP contribution is 2.16. The van der Waals surface area contributed by atoms with E-state index in [1.54, 1.807) is 0 Å². The van der Waals surface area contributed by atoms with Crippen molar-refractivity contribution >= 4 is 18.5 Å². The van der Waals surface area contributed by atoms with Gasteiger partial charge in [0, 0.05) is 17.4 Å². The van der Waals surface area contributed by atoms with Gasteiger partial charge in [-0.15, -0.1) is 0 Å². The molecule has 0 aliphatic heterocycles. The lowest BCUT2D eigenvalue weighted by molar-refractivity contribution is 0.973. The molecule has 0 radical (unpaired) electrons. The minimum Gasteiger partial charge on any atom is -0.387 e. The number of aromatic nitrogens is 1. The second kappa shape index (κ2) is 4.28. The number of nitrogens with zero attached hydrogens (tertiary/aromatic N) is 1. The molecule has 1 rings (SSSR count). The van der Waals surface area contributed by atoms with E-state index < -0.39 is 0 Å². The summed E-state index contributed by atoms with van der Waals surface area (Å²) in [7, 11) is 0. The molecule has 0 fully saturated rings. The number of nitrogens with two attached hydrogens (primary N) is 1. The zero-order valence-corrected chi connectivity index (χ0v) is 8.38. The van der Waals surface area contributed by atoms with E-state index in [9.17, 15) is 0 Å². The van der Waals surface area contributed by atoms with Crippen LogP contribution in [0.15, 0.2) is 18.2 Å². The number of nitrogens with one attached hydrogen (secondary N) is 1. The van der Waals surface area contributed by atoms with Crippen LogP contribution in [-0.2, 0) is 6.42 Å². The highest BCUT2D eigenvalue weighted by Gasteiger charge is 2.02. The summed E-state index contributed by atoms with van der Waals surface area (Å²) >= 11 is 4.28. The summed E-state index contributed by atoms with van der Waals surface area (Å²) in [5, 5.41) is 7.25. The Balaban J connectivity index is 2.85. The van der Waals surface area contributed by atoms with Gasteiger partial charge in [0.25, 0.3) is 0 Å². The van der Waals surface area contributed by atoms with Crippen LogP contribution in [0.1, 0.15) is 23.6 Å². The average molecular weight is 195 g/mol. The van der Waals surface area contributed by atoms with Crippen LogP contribution in [-0.4, -0.2) is 10.8 Å². The van der Waals surface area contributed by atoms with Gasteiger partial charge in [0.15, 0.2) is 0 Å². The molecule has 0 amide bonds. The van der Waals surface area contributed by atoms with Gasteiger partial charge < -0.3 is 5.73 Å². The van der Waals surface area contributed by atoms with Crippen LogP contribution in [0.5, 0.6) is 0 Å². The molecule has 3 nitrogen and oxygen atoms in total. The predicted octanol–water partition coefficient (Wildman–Crippen LogP) is 1.55. The molecule has 4 heteroatoms. The molecule has 1 heterocycles. The molecule has 0 aromatic carbocycles. The maximum atomic E-state index is 7.13. The van der Waals surface area contributed by atoms with E-state index in [0.29, 0.717) is 6.42 Å². The molecule has 13 heavy (non-hydrogen) atoms. The van der Waals surface area contributed by atoms with E-state index in [0.717, 1.165) is 11.4 Å². The average Bonchev–Trinajstić information content (AvgIpc) is 2.03. The molecule has 1 atom stereocenters. The minimum atomic E-state index is 0.118. The Kier molecular flexibility index (Phi) is 3.31. The van der Waals surface area contributed by atoms with E-state index in [4.69, 9.17) is 11.1 Å². The highest BCUT2D eigenvalue weighted by atomic mass is 32.1. The first-order chi connectivity index (χ1) is 6.09. The fraction of sp³-hybridized carbons (Fsp3) is 0.333. The summed E-state index contributed by atoms with van der Waals surface area (Å²) in [5.41, 5.74) is 7.02. The number of thiol groups is 1. The first-order valence-corrected chi connectivity index (χ1v) is 4.58. The Bertz CT molecular complexity index is 309. The number of hydrogen-bond donors (Lipinski definition) is 3. The van der Waals surface area contributed by atoms with Crippen LogP contribution in [0.2, 0.25) is 0 Å². The van der Waals surface area contributed by atoms with Gasteiger partial charge in [-0.2, -0.15) is 12.6 Å². The third-order valence-electron chi connectivity index (χ3n) is 1.63. The van der Waals surface area contributed by atoms with Gasteiger partial charge in [-0.25, -0.2) is 0 Å². The maximum Gasteiger partial charge on any atom is 0.0966 e. The Hall–Kier alpha value is -1.03. The summed E-state index contributed by atoms with van der Waals surface area (Å²) in [4.78, 5) is 4.32. The molecule has 0 spiro atoms. The van der Waals surface area contributed by atoms with Gasteiger partial charge >= 0.3 is 0 Å². The first kappa shape index (κ1) is 10.1. The summed E-state index contributed by atoms with van der Waals surface area (Å²) in [6.45, 7) is 1.96. The third-order valence-corrected chi connectivity index (χ3v) is 1.89. The summed E-state index contributed by atoms with van der Waals surface area (Å²) in [6.07, 6.45) is 0.411. The van der Waals surface area contributed by atoms with Crippen LogP contribution in [0.3, 0.4) is 0 Å². The molecule has 1 aromatic heterocycles. The molecule has 0 saturated heterocycles. The Labute approximate surface area is 83.3 Å². The van der Waals surface area contributed by atoms with Crippen molar-refractivity contribution in [2.45, 2.75) is 18.6 Å². The van der Waals surface area contributed by atoms with Crippen molar-refractivity contribution in [2.24, 2.45) is 5.73 Å². The standard InChI is InChI=1S/C9H13N3S/c1-6(13)8-4-2-3-7(12-8)5-9(10)11/h2-4,6,13H,5H2,1H3,(H3,10,11). The van der Waals surface area contributed by atoms with Crippen molar-refractivity contribution in [1.82, 2.24) is 4.98 Å². The molecular formula is C9H13N3S. The molecule has 0 saturated carbocycles. The van der Waals surface area contributed by atoms with Gasteiger partial charge in [-0.1, -0.05) is 6.07 Å². The van der Waals surface area contributed by atoms with Crippen LogP contribution in [0.25, 0.3) is 0 Å². The molecule has 0 bridgehead atoms. The molecule has 1 unspecified atom stereocenters. The van der Waals surface area contributed by atoms with Crippen molar-refractivity contribution in [3.63, 3.8) is 0 Å². The zero-order valence-electron chi connectivity index (χ0n) is 7.49. The molecule has 1 aromatic rings. The maximum absolute atomic E-state index is 7.13.